The fraction of sp³-hybridized carbons (Fsp3) is 0.111. The largest absolute Gasteiger partial charge is 0.486 e. The molecule has 0 atom stereocenters. The number of aromatic nitrogens is 6. The first kappa shape index (κ1) is 16.9. The molecule has 0 spiro atoms. The van der Waals surface area contributed by atoms with Gasteiger partial charge >= 0.3 is 0 Å². The molecule has 0 bridgehead atoms. The topological polar surface area (TPSA) is 137 Å². The minimum atomic E-state index is -0.424. The summed E-state index contributed by atoms with van der Waals surface area (Å²) in [7, 11) is 0. The smallest absolute Gasteiger partial charge is 0.272 e. The Kier molecular flexibility index (Phi) is 3.72. The SMILES string of the molecule is Cc1cc(OCc2ccc(-c3nc4c5cn[nH]c5ncn4n3)o2)ccc1[N+](=O)[O-]. The highest BCUT2D eigenvalue weighted by molar-refractivity contribution is 5.88. The molecule has 0 unspecified atom stereocenters. The first-order valence-corrected chi connectivity index (χ1v) is 8.60. The number of furan rings is 1. The van der Waals surface area contributed by atoms with Gasteiger partial charge in [-0.05, 0) is 31.2 Å². The van der Waals surface area contributed by atoms with Crippen molar-refractivity contribution in [2.75, 3.05) is 0 Å². The van der Waals surface area contributed by atoms with Gasteiger partial charge in [0.05, 0.1) is 16.5 Å². The van der Waals surface area contributed by atoms with Crippen molar-refractivity contribution in [1.82, 2.24) is 29.8 Å². The average Bonchev–Trinajstić information content (AvgIpc) is 3.43. The third-order valence-corrected chi connectivity index (χ3v) is 4.42. The number of hydrogen-bond donors (Lipinski definition) is 1. The van der Waals surface area contributed by atoms with E-state index < -0.39 is 4.92 Å². The highest BCUT2D eigenvalue weighted by Gasteiger charge is 2.15. The number of rotatable bonds is 5. The van der Waals surface area contributed by atoms with Gasteiger partial charge in [-0.15, -0.1) is 5.10 Å². The molecule has 0 aliphatic heterocycles. The quantitative estimate of drug-likeness (QED) is 0.356. The van der Waals surface area contributed by atoms with Gasteiger partial charge in [0.25, 0.3) is 5.69 Å². The molecule has 0 amide bonds. The summed E-state index contributed by atoms with van der Waals surface area (Å²) >= 11 is 0. The lowest BCUT2D eigenvalue weighted by molar-refractivity contribution is -0.385. The highest BCUT2D eigenvalue weighted by Crippen LogP contribution is 2.25. The molecule has 144 valence electrons. The lowest BCUT2D eigenvalue weighted by Gasteiger charge is -2.05. The Balaban J connectivity index is 1.36. The van der Waals surface area contributed by atoms with Crippen LogP contribution < -0.4 is 4.74 Å². The summed E-state index contributed by atoms with van der Waals surface area (Å²) in [5.74, 6) is 1.99. The summed E-state index contributed by atoms with van der Waals surface area (Å²) in [4.78, 5) is 19.2. The Morgan fingerprint density at radius 2 is 2.21 bits per heavy atom. The van der Waals surface area contributed by atoms with Crippen molar-refractivity contribution in [1.29, 1.82) is 0 Å². The maximum absolute atomic E-state index is 10.9. The molecular formula is C18H13N7O4. The number of nitro benzene ring substituents is 1. The van der Waals surface area contributed by atoms with Crippen LogP contribution in [0, 0.1) is 17.0 Å². The summed E-state index contributed by atoms with van der Waals surface area (Å²) in [5.41, 5.74) is 1.83. The number of H-pyrrole nitrogens is 1. The molecule has 11 nitrogen and oxygen atoms in total. The Labute approximate surface area is 162 Å². The molecule has 11 heteroatoms. The molecule has 0 radical (unpaired) electrons. The third kappa shape index (κ3) is 2.94. The Bertz CT molecular complexity index is 1370. The predicted molar refractivity (Wildman–Crippen MR) is 100 cm³/mol. The van der Waals surface area contributed by atoms with Crippen LogP contribution in [0.3, 0.4) is 0 Å². The summed E-state index contributed by atoms with van der Waals surface area (Å²) in [5, 5.41) is 22.8. The Hall–Kier alpha value is -4.28. The van der Waals surface area contributed by atoms with E-state index >= 15 is 0 Å². The van der Waals surface area contributed by atoms with E-state index in [0.717, 1.165) is 5.39 Å². The Morgan fingerprint density at radius 1 is 1.31 bits per heavy atom. The van der Waals surface area contributed by atoms with Crippen molar-refractivity contribution in [3.63, 3.8) is 0 Å². The van der Waals surface area contributed by atoms with Gasteiger partial charge in [0, 0.05) is 11.6 Å². The van der Waals surface area contributed by atoms with Gasteiger partial charge in [0.1, 0.15) is 24.4 Å². The molecule has 4 aromatic heterocycles. The second kappa shape index (κ2) is 6.41. The van der Waals surface area contributed by atoms with E-state index in [9.17, 15) is 10.1 Å². The van der Waals surface area contributed by atoms with Crippen LogP contribution in [0.5, 0.6) is 5.75 Å². The van der Waals surface area contributed by atoms with Crippen LogP contribution in [-0.4, -0.2) is 34.7 Å². The molecular weight excluding hydrogens is 378 g/mol. The van der Waals surface area contributed by atoms with Gasteiger partial charge in [-0.1, -0.05) is 0 Å². The number of nitrogens with one attached hydrogen (secondary N) is 1. The zero-order chi connectivity index (χ0) is 20.0. The molecule has 5 rings (SSSR count). The number of ether oxygens (including phenoxy) is 1. The number of nitro groups is 1. The summed E-state index contributed by atoms with van der Waals surface area (Å²) < 4.78 is 13.0. The minimum Gasteiger partial charge on any atom is -0.486 e. The fourth-order valence-corrected chi connectivity index (χ4v) is 3.00. The minimum absolute atomic E-state index is 0.0526. The van der Waals surface area contributed by atoms with Gasteiger partial charge in [-0.2, -0.15) is 5.10 Å². The second-order valence-electron chi connectivity index (χ2n) is 6.34. The monoisotopic (exact) mass is 391 g/mol. The predicted octanol–water partition coefficient (Wildman–Crippen LogP) is 3.06. The highest BCUT2D eigenvalue weighted by atomic mass is 16.6. The number of aryl methyl sites for hydroxylation is 1. The summed E-state index contributed by atoms with van der Waals surface area (Å²) in [6.45, 7) is 1.83. The molecule has 0 saturated carbocycles. The molecule has 5 aromatic rings. The number of benzene rings is 1. The van der Waals surface area contributed by atoms with Crippen LogP contribution >= 0.6 is 0 Å². The molecule has 1 aromatic carbocycles. The molecule has 4 heterocycles. The van der Waals surface area contributed by atoms with E-state index in [2.05, 4.69) is 25.3 Å². The van der Waals surface area contributed by atoms with Crippen LogP contribution in [0.4, 0.5) is 5.69 Å². The first-order chi connectivity index (χ1) is 14.1. The normalized spacial score (nSPS) is 11.3. The number of nitrogens with zero attached hydrogens (tertiary/aromatic N) is 6. The summed E-state index contributed by atoms with van der Waals surface area (Å²) in [6.07, 6.45) is 3.19. The van der Waals surface area contributed by atoms with Gasteiger partial charge in [-0.3, -0.25) is 15.2 Å². The molecule has 0 fully saturated rings. The van der Waals surface area contributed by atoms with Gasteiger partial charge < -0.3 is 9.15 Å². The molecule has 0 saturated heterocycles. The maximum atomic E-state index is 10.9. The first-order valence-electron chi connectivity index (χ1n) is 8.60. The van der Waals surface area contributed by atoms with Crippen LogP contribution in [0.25, 0.3) is 28.3 Å². The van der Waals surface area contributed by atoms with Crippen LogP contribution in [0.2, 0.25) is 0 Å². The van der Waals surface area contributed by atoms with Crippen LogP contribution in [0.15, 0.2) is 47.3 Å². The van der Waals surface area contributed by atoms with Gasteiger partial charge in [-0.25, -0.2) is 14.5 Å². The Morgan fingerprint density at radius 3 is 3.03 bits per heavy atom. The van der Waals surface area contributed by atoms with E-state index in [1.807, 2.05) is 0 Å². The van der Waals surface area contributed by atoms with E-state index in [0.29, 0.717) is 40.0 Å². The second-order valence-corrected chi connectivity index (χ2v) is 6.34. The maximum Gasteiger partial charge on any atom is 0.272 e. The van der Waals surface area contributed by atoms with Crippen molar-refractivity contribution in [3.8, 4) is 17.3 Å². The van der Waals surface area contributed by atoms with Crippen LogP contribution in [-0.2, 0) is 6.61 Å². The van der Waals surface area contributed by atoms with Gasteiger partial charge in [0.15, 0.2) is 17.1 Å². The molecule has 0 aliphatic carbocycles. The zero-order valence-corrected chi connectivity index (χ0v) is 15.1. The molecule has 0 aliphatic rings. The van der Waals surface area contributed by atoms with E-state index in [-0.39, 0.29) is 12.3 Å². The van der Waals surface area contributed by atoms with E-state index in [1.54, 1.807) is 48.2 Å². The molecule has 29 heavy (non-hydrogen) atoms. The lowest BCUT2D eigenvalue weighted by atomic mass is 10.2. The summed E-state index contributed by atoms with van der Waals surface area (Å²) in [6, 6.07) is 8.12. The van der Waals surface area contributed by atoms with Crippen molar-refractivity contribution in [3.05, 3.63) is 64.3 Å². The average molecular weight is 391 g/mol. The van der Waals surface area contributed by atoms with E-state index in [4.69, 9.17) is 9.15 Å². The van der Waals surface area contributed by atoms with Crippen molar-refractivity contribution in [2.24, 2.45) is 0 Å². The number of hydrogen-bond acceptors (Lipinski definition) is 8. The zero-order valence-electron chi connectivity index (χ0n) is 15.1. The van der Waals surface area contributed by atoms with Crippen molar-refractivity contribution < 1.29 is 14.1 Å². The number of aromatic amines is 1. The van der Waals surface area contributed by atoms with Crippen molar-refractivity contribution in [2.45, 2.75) is 13.5 Å². The number of fused-ring (bicyclic) bond motifs is 3. The van der Waals surface area contributed by atoms with E-state index in [1.165, 1.54) is 6.07 Å². The third-order valence-electron chi connectivity index (χ3n) is 4.42. The van der Waals surface area contributed by atoms with Gasteiger partial charge in [0.2, 0.25) is 5.82 Å². The standard InChI is InChI=1S/C18H13N7O4/c1-10-6-11(2-4-14(10)25(26)27)28-8-12-3-5-15(29-12)17-21-18-13-7-20-22-16(13)19-9-24(18)23-17/h2-7,9H,8H2,1H3,(H,20,22). The molecule has 1 N–H and O–H groups in total. The fourth-order valence-electron chi connectivity index (χ4n) is 3.00. The van der Waals surface area contributed by atoms with Crippen LogP contribution in [0.1, 0.15) is 11.3 Å². The lowest BCUT2D eigenvalue weighted by Crippen LogP contribution is -1.96. The van der Waals surface area contributed by atoms with Crippen molar-refractivity contribution >= 4 is 22.4 Å².